The third kappa shape index (κ3) is 4.39. The molecular formula is C25H36ClF. The summed E-state index contributed by atoms with van der Waals surface area (Å²) in [7, 11) is 0. The van der Waals surface area contributed by atoms with E-state index < -0.39 is 0 Å². The van der Waals surface area contributed by atoms with E-state index in [0.29, 0.717) is 5.02 Å². The van der Waals surface area contributed by atoms with E-state index in [-0.39, 0.29) is 5.82 Å². The van der Waals surface area contributed by atoms with Crippen molar-refractivity contribution in [3.8, 4) is 0 Å². The number of hydrogen-bond donors (Lipinski definition) is 0. The Kier molecular flexibility index (Phi) is 6.47. The monoisotopic (exact) mass is 390 g/mol. The highest BCUT2D eigenvalue weighted by molar-refractivity contribution is 6.30. The summed E-state index contributed by atoms with van der Waals surface area (Å²) in [5, 5.41) is 0.295. The molecule has 5 unspecified atom stereocenters. The Balaban J connectivity index is 1.32. The van der Waals surface area contributed by atoms with Gasteiger partial charge in [-0.25, -0.2) is 4.39 Å². The van der Waals surface area contributed by atoms with Crippen molar-refractivity contribution in [3.05, 3.63) is 34.1 Å². The lowest BCUT2D eigenvalue weighted by Gasteiger charge is -2.45. The van der Waals surface area contributed by atoms with Crippen LogP contribution in [0.25, 0.3) is 0 Å². The van der Waals surface area contributed by atoms with Crippen LogP contribution in [0.5, 0.6) is 0 Å². The normalized spacial score (nSPS) is 33.4. The Morgan fingerprint density at radius 2 is 1.67 bits per heavy atom. The fourth-order valence-corrected chi connectivity index (χ4v) is 6.78. The van der Waals surface area contributed by atoms with Crippen molar-refractivity contribution >= 4 is 11.6 Å². The smallest absolute Gasteiger partial charge is 0.145 e. The molecule has 3 aliphatic carbocycles. The summed E-state index contributed by atoms with van der Waals surface area (Å²) in [6, 6.07) is 3.84. The van der Waals surface area contributed by atoms with Gasteiger partial charge in [0, 0.05) is 0 Å². The van der Waals surface area contributed by atoms with Crippen LogP contribution in [0.3, 0.4) is 0 Å². The van der Waals surface area contributed by atoms with Gasteiger partial charge in [-0.2, -0.15) is 0 Å². The van der Waals surface area contributed by atoms with Crippen LogP contribution >= 0.6 is 11.6 Å². The summed E-state index contributed by atoms with van der Waals surface area (Å²) in [4.78, 5) is 0. The first-order valence-corrected chi connectivity index (χ1v) is 12.0. The first-order chi connectivity index (χ1) is 13.2. The van der Waals surface area contributed by atoms with Crippen LogP contribution in [0.1, 0.15) is 88.7 Å². The van der Waals surface area contributed by atoms with Crippen molar-refractivity contribution in [3.63, 3.8) is 0 Å². The van der Waals surface area contributed by atoms with Crippen molar-refractivity contribution < 1.29 is 4.39 Å². The summed E-state index contributed by atoms with van der Waals surface area (Å²) >= 11 is 5.98. The lowest BCUT2D eigenvalue weighted by atomic mass is 9.61. The van der Waals surface area contributed by atoms with Crippen LogP contribution in [-0.2, 0) is 12.8 Å². The van der Waals surface area contributed by atoms with Crippen molar-refractivity contribution in [2.75, 3.05) is 0 Å². The highest BCUT2D eigenvalue weighted by atomic mass is 35.5. The van der Waals surface area contributed by atoms with E-state index in [1.165, 1.54) is 69.8 Å². The molecule has 2 fully saturated rings. The lowest BCUT2D eigenvalue weighted by Crippen LogP contribution is -2.35. The molecule has 0 spiro atoms. The summed E-state index contributed by atoms with van der Waals surface area (Å²) in [6.45, 7) is 2.31. The maximum Gasteiger partial charge on any atom is 0.145 e. The molecule has 27 heavy (non-hydrogen) atoms. The predicted molar refractivity (Wildman–Crippen MR) is 113 cm³/mol. The summed E-state index contributed by atoms with van der Waals surface area (Å²) in [5.41, 5.74) is 2.13. The minimum atomic E-state index is -0.155. The minimum Gasteiger partial charge on any atom is -0.205 e. The van der Waals surface area contributed by atoms with Crippen LogP contribution in [0, 0.1) is 35.4 Å². The molecule has 0 saturated heterocycles. The summed E-state index contributed by atoms with van der Waals surface area (Å²) < 4.78 is 14.3. The van der Waals surface area contributed by atoms with Gasteiger partial charge in [-0.05, 0) is 98.1 Å². The van der Waals surface area contributed by atoms with Crippen molar-refractivity contribution in [2.45, 2.75) is 90.4 Å². The number of fused-ring (bicyclic) bond motifs is 2. The van der Waals surface area contributed by atoms with Gasteiger partial charge in [0.1, 0.15) is 5.82 Å². The molecule has 1 aromatic rings. The van der Waals surface area contributed by atoms with Gasteiger partial charge in [-0.3, -0.25) is 0 Å². The Morgan fingerprint density at radius 1 is 0.926 bits per heavy atom. The SMILES string of the molecule is CCCCCC1CCC2CC(C3CCc4c(ccc(Cl)c4F)C3)CCC2C1. The fourth-order valence-electron chi connectivity index (χ4n) is 6.61. The van der Waals surface area contributed by atoms with E-state index >= 15 is 0 Å². The van der Waals surface area contributed by atoms with E-state index in [1.54, 1.807) is 6.07 Å². The minimum absolute atomic E-state index is 0.155. The molecule has 1 aromatic carbocycles. The highest BCUT2D eigenvalue weighted by Gasteiger charge is 2.38. The molecular weight excluding hydrogens is 355 g/mol. The van der Waals surface area contributed by atoms with Gasteiger partial charge in [-0.1, -0.05) is 56.7 Å². The lowest BCUT2D eigenvalue weighted by molar-refractivity contribution is 0.0689. The van der Waals surface area contributed by atoms with Crippen molar-refractivity contribution in [2.24, 2.45) is 29.6 Å². The predicted octanol–water partition coefficient (Wildman–Crippen LogP) is 8.00. The number of rotatable bonds is 5. The van der Waals surface area contributed by atoms with Gasteiger partial charge in [0.25, 0.3) is 0 Å². The van der Waals surface area contributed by atoms with E-state index in [2.05, 4.69) is 13.0 Å². The van der Waals surface area contributed by atoms with Gasteiger partial charge in [0.15, 0.2) is 0 Å². The van der Waals surface area contributed by atoms with Crippen LogP contribution in [-0.4, -0.2) is 0 Å². The van der Waals surface area contributed by atoms with Crippen LogP contribution < -0.4 is 0 Å². The molecule has 5 atom stereocenters. The quantitative estimate of drug-likeness (QED) is 0.446. The molecule has 0 aromatic heterocycles. The maximum absolute atomic E-state index is 14.3. The number of halogens is 2. The molecule has 3 aliphatic rings. The Morgan fingerprint density at radius 3 is 2.48 bits per heavy atom. The fraction of sp³-hybridized carbons (Fsp3) is 0.760. The first-order valence-electron chi connectivity index (χ1n) is 11.6. The average Bonchev–Trinajstić information content (AvgIpc) is 2.70. The van der Waals surface area contributed by atoms with Gasteiger partial charge in [0.2, 0.25) is 0 Å². The zero-order chi connectivity index (χ0) is 18.8. The second kappa shape index (κ2) is 8.85. The van der Waals surface area contributed by atoms with E-state index in [1.807, 2.05) is 0 Å². The Bertz CT molecular complexity index is 639. The second-order valence-electron chi connectivity index (χ2n) is 9.77. The number of hydrogen-bond acceptors (Lipinski definition) is 0. The highest BCUT2D eigenvalue weighted by Crippen LogP contribution is 2.49. The Labute approximate surface area is 170 Å². The molecule has 0 bridgehead atoms. The van der Waals surface area contributed by atoms with E-state index in [4.69, 9.17) is 11.6 Å². The largest absolute Gasteiger partial charge is 0.205 e. The van der Waals surface area contributed by atoms with Crippen molar-refractivity contribution in [1.29, 1.82) is 0 Å². The summed E-state index contributed by atoms with van der Waals surface area (Å²) in [5.74, 6) is 4.49. The van der Waals surface area contributed by atoms with Crippen molar-refractivity contribution in [1.82, 2.24) is 0 Å². The third-order valence-corrected chi connectivity index (χ3v) is 8.48. The molecule has 2 heteroatoms. The average molecular weight is 391 g/mol. The number of benzene rings is 1. The molecule has 0 N–H and O–H groups in total. The third-order valence-electron chi connectivity index (χ3n) is 8.19. The molecule has 0 nitrogen and oxygen atoms in total. The summed E-state index contributed by atoms with van der Waals surface area (Å²) in [6.07, 6.45) is 17.6. The van der Waals surface area contributed by atoms with Gasteiger partial charge >= 0.3 is 0 Å². The standard InChI is InChI=1S/C25H36ClF/c1-2-3-4-5-17-6-7-19-15-20(9-8-18(19)14-17)21-10-12-23-22(16-21)11-13-24(26)25(23)27/h11,13,17-21H,2-10,12,14-16H2,1H3. The zero-order valence-electron chi connectivity index (χ0n) is 17.0. The van der Waals surface area contributed by atoms with Gasteiger partial charge < -0.3 is 0 Å². The molecule has 4 rings (SSSR count). The Hall–Kier alpha value is -0.560. The number of unbranched alkanes of at least 4 members (excludes halogenated alkanes) is 2. The molecule has 0 heterocycles. The van der Waals surface area contributed by atoms with E-state index in [0.717, 1.165) is 54.4 Å². The first kappa shape index (κ1) is 19.7. The molecule has 0 radical (unpaired) electrons. The molecule has 150 valence electrons. The van der Waals surface area contributed by atoms with Gasteiger partial charge in [-0.15, -0.1) is 0 Å². The molecule has 0 amide bonds. The van der Waals surface area contributed by atoms with E-state index in [9.17, 15) is 4.39 Å². The maximum atomic E-state index is 14.3. The van der Waals surface area contributed by atoms with Crippen LogP contribution in [0.2, 0.25) is 5.02 Å². The molecule has 2 saturated carbocycles. The molecule has 0 aliphatic heterocycles. The topological polar surface area (TPSA) is 0 Å². The van der Waals surface area contributed by atoms with Crippen LogP contribution in [0.4, 0.5) is 4.39 Å². The van der Waals surface area contributed by atoms with Crippen LogP contribution in [0.15, 0.2) is 12.1 Å². The second-order valence-corrected chi connectivity index (χ2v) is 10.2. The zero-order valence-corrected chi connectivity index (χ0v) is 17.7. The van der Waals surface area contributed by atoms with Gasteiger partial charge in [0.05, 0.1) is 5.02 Å².